The lowest BCUT2D eigenvalue weighted by Crippen LogP contribution is -2.27. The van der Waals surface area contributed by atoms with Crippen LogP contribution in [0.3, 0.4) is 0 Å². The average Bonchev–Trinajstić information content (AvgIpc) is 3.30. The highest BCUT2D eigenvalue weighted by Crippen LogP contribution is 2.23. The fourth-order valence-corrected chi connectivity index (χ4v) is 2.58. The van der Waals surface area contributed by atoms with E-state index in [1.807, 2.05) is 12.1 Å². The van der Waals surface area contributed by atoms with E-state index in [-0.39, 0.29) is 0 Å². The second-order valence-electron chi connectivity index (χ2n) is 5.74. The Bertz CT molecular complexity index is 410. The summed E-state index contributed by atoms with van der Waals surface area (Å²) in [6.07, 6.45) is 4.70. The summed E-state index contributed by atoms with van der Waals surface area (Å²) in [6.45, 7) is 3.16. The molecule has 1 aliphatic carbocycles. The van der Waals surface area contributed by atoms with Crippen LogP contribution in [0.25, 0.3) is 0 Å². The SMILES string of the molecule is COCCOCCC(CNC1CC1)Cc1ccccc1Cl. The predicted octanol–water partition coefficient (Wildman–Crippen LogP) is 3.30. The van der Waals surface area contributed by atoms with Crippen molar-refractivity contribution in [2.75, 3.05) is 33.5 Å². The molecule has 0 spiro atoms. The first-order valence-electron chi connectivity index (χ1n) is 7.83. The first-order chi connectivity index (χ1) is 10.3. The number of hydrogen-bond acceptors (Lipinski definition) is 3. The van der Waals surface area contributed by atoms with E-state index in [2.05, 4.69) is 17.4 Å². The number of hydrogen-bond donors (Lipinski definition) is 1. The molecule has 3 nitrogen and oxygen atoms in total. The molecular weight excluding hydrogens is 286 g/mol. The summed E-state index contributed by atoms with van der Waals surface area (Å²) in [7, 11) is 1.70. The zero-order chi connectivity index (χ0) is 14.9. The highest BCUT2D eigenvalue weighted by atomic mass is 35.5. The van der Waals surface area contributed by atoms with Gasteiger partial charge < -0.3 is 14.8 Å². The minimum Gasteiger partial charge on any atom is -0.382 e. The molecule has 1 aromatic rings. The molecular formula is C17H26ClNO2. The van der Waals surface area contributed by atoms with E-state index in [0.29, 0.717) is 19.1 Å². The molecule has 0 radical (unpaired) electrons. The highest BCUT2D eigenvalue weighted by Gasteiger charge is 2.22. The maximum Gasteiger partial charge on any atom is 0.0700 e. The fraction of sp³-hybridized carbons (Fsp3) is 0.647. The third-order valence-corrected chi connectivity index (χ3v) is 4.21. The van der Waals surface area contributed by atoms with Crippen LogP contribution < -0.4 is 5.32 Å². The van der Waals surface area contributed by atoms with Gasteiger partial charge in [-0.05, 0) is 49.8 Å². The standard InChI is InChI=1S/C17H26ClNO2/c1-20-10-11-21-9-8-14(13-19-16-6-7-16)12-15-4-2-3-5-17(15)18/h2-5,14,16,19H,6-13H2,1H3. The molecule has 0 heterocycles. The van der Waals surface area contributed by atoms with Gasteiger partial charge in [0.05, 0.1) is 13.2 Å². The zero-order valence-electron chi connectivity index (χ0n) is 12.8. The molecule has 1 aromatic carbocycles. The summed E-state index contributed by atoms with van der Waals surface area (Å²) >= 11 is 6.28. The molecule has 0 bridgehead atoms. The topological polar surface area (TPSA) is 30.5 Å². The molecule has 118 valence electrons. The highest BCUT2D eigenvalue weighted by molar-refractivity contribution is 6.31. The van der Waals surface area contributed by atoms with Gasteiger partial charge in [-0.25, -0.2) is 0 Å². The van der Waals surface area contributed by atoms with Crippen molar-refractivity contribution in [2.24, 2.45) is 5.92 Å². The number of methoxy groups -OCH3 is 1. The molecule has 0 aromatic heterocycles. The van der Waals surface area contributed by atoms with Gasteiger partial charge >= 0.3 is 0 Å². The minimum atomic E-state index is 0.563. The van der Waals surface area contributed by atoms with Crippen molar-refractivity contribution in [1.29, 1.82) is 0 Å². The van der Waals surface area contributed by atoms with Crippen molar-refractivity contribution in [1.82, 2.24) is 5.32 Å². The Kier molecular flexibility index (Phi) is 7.51. The Morgan fingerprint density at radius 2 is 2.05 bits per heavy atom. The quantitative estimate of drug-likeness (QED) is 0.636. The predicted molar refractivity (Wildman–Crippen MR) is 87.0 cm³/mol. The van der Waals surface area contributed by atoms with Gasteiger partial charge in [-0.2, -0.15) is 0 Å². The molecule has 2 rings (SSSR count). The van der Waals surface area contributed by atoms with E-state index < -0.39 is 0 Å². The monoisotopic (exact) mass is 311 g/mol. The molecule has 21 heavy (non-hydrogen) atoms. The van der Waals surface area contributed by atoms with Crippen LogP contribution in [-0.4, -0.2) is 39.5 Å². The maximum atomic E-state index is 6.28. The van der Waals surface area contributed by atoms with E-state index in [4.69, 9.17) is 21.1 Å². The second kappa shape index (κ2) is 9.42. The van der Waals surface area contributed by atoms with Gasteiger partial charge in [-0.3, -0.25) is 0 Å². The normalized spacial score (nSPS) is 16.1. The molecule has 1 saturated carbocycles. The smallest absolute Gasteiger partial charge is 0.0700 e. The first kappa shape index (κ1) is 16.8. The van der Waals surface area contributed by atoms with E-state index in [1.165, 1.54) is 18.4 Å². The average molecular weight is 312 g/mol. The maximum absolute atomic E-state index is 6.28. The Morgan fingerprint density at radius 1 is 1.24 bits per heavy atom. The number of nitrogens with one attached hydrogen (secondary N) is 1. The Hall–Kier alpha value is -0.610. The van der Waals surface area contributed by atoms with Gasteiger partial charge in [-0.1, -0.05) is 29.8 Å². The van der Waals surface area contributed by atoms with Gasteiger partial charge in [-0.15, -0.1) is 0 Å². The summed E-state index contributed by atoms with van der Waals surface area (Å²) in [5.41, 5.74) is 1.23. The molecule has 1 N–H and O–H groups in total. The molecule has 1 unspecified atom stereocenters. The van der Waals surface area contributed by atoms with Crippen LogP contribution in [0, 0.1) is 5.92 Å². The van der Waals surface area contributed by atoms with Crippen LogP contribution in [0.4, 0.5) is 0 Å². The van der Waals surface area contributed by atoms with Gasteiger partial charge in [0.25, 0.3) is 0 Å². The van der Waals surface area contributed by atoms with Crippen LogP contribution >= 0.6 is 11.6 Å². The number of benzene rings is 1. The lowest BCUT2D eigenvalue weighted by molar-refractivity contribution is 0.0636. The molecule has 1 aliphatic rings. The number of rotatable bonds is 11. The minimum absolute atomic E-state index is 0.563. The van der Waals surface area contributed by atoms with Crippen molar-refractivity contribution in [3.63, 3.8) is 0 Å². The van der Waals surface area contributed by atoms with Crippen molar-refractivity contribution in [3.05, 3.63) is 34.9 Å². The Labute approximate surface area is 133 Å². The molecule has 0 amide bonds. The van der Waals surface area contributed by atoms with E-state index in [9.17, 15) is 0 Å². The largest absolute Gasteiger partial charge is 0.382 e. The van der Waals surface area contributed by atoms with Crippen LogP contribution in [0.2, 0.25) is 5.02 Å². The van der Waals surface area contributed by atoms with Crippen LogP contribution in [0.1, 0.15) is 24.8 Å². The van der Waals surface area contributed by atoms with Crippen molar-refractivity contribution in [2.45, 2.75) is 31.7 Å². The third kappa shape index (κ3) is 6.79. The van der Waals surface area contributed by atoms with Crippen molar-refractivity contribution < 1.29 is 9.47 Å². The summed E-state index contributed by atoms with van der Waals surface area (Å²) in [5.74, 6) is 0.563. The zero-order valence-corrected chi connectivity index (χ0v) is 13.6. The fourth-order valence-electron chi connectivity index (χ4n) is 2.37. The van der Waals surface area contributed by atoms with E-state index in [0.717, 1.165) is 37.1 Å². The number of ether oxygens (including phenoxy) is 2. The summed E-state index contributed by atoms with van der Waals surface area (Å²) < 4.78 is 10.6. The molecule has 1 atom stereocenters. The summed E-state index contributed by atoms with van der Waals surface area (Å²) in [6, 6.07) is 8.88. The number of halogens is 1. The van der Waals surface area contributed by atoms with Gasteiger partial charge in [0, 0.05) is 24.8 Å². The molecule has 0 saturated heterocycles. The van der Waals surface area contributed by atoms with E-state index >= 15 is 0 Å². The molecule has 0 aliphatic heterocycles. The Balaban J connectivity index is 1.77. The summed E-state index contributed by atoms with van der Waals surface area (Å²) in [4.78, 5) is 0. The third-order valence-electron chi connectivity index (χ3n) is 3.84. The van der Waals surface area contributed by atoms with Gasteiger partial charge in [0.15, 0.2) is 0 Å². The van der Waals surface area contributed by atoms with Crippen LogP contribution in [-0.2, 0) is 15.9 Å². The lowest BCUT2D eigenvalue weighted by Gasteiger charge is -2.18. The molecule has 1 fully saturated rings. The van der Waals surface area contributed by atoms with Crippen LogP contribution in [0.15, 0.2) is 24.3 Å². The first-order valence-corrected chi connectivity index (χ1v) is 8.21. The van der Waals surface area contributed by atoms with Crippen molar-refractivity contribution in [3.8, 4) is 0 Å². The van der Waals surface area contributed by atoms with Crippen LogP contribution in [0.5, 0.6) is 0 Å². The van der Waals surface area contributed by atoms with Gasteiger partial charge in [0.2, 0.25) is 0 Å². The van der Waals surface area contributed by atoms with E-state index in [1.54, 1.807) is 7.11 Å². The second-order valence-corrected chi connectivity index (χ2v) is 6.15. The Morgan fingerprint density at radius 3 is 2.76 bits per heavy atom. The lowest BCUT2D eigenvalue weighted by atomic mass is 9.96. The van der Waals surface area contributed by atoms with Gasteiger partial charge in [0.1, 0.15) is 0 Å². The molecule has 4 heteroatoms. The summed E-state index contributed by atoms with van der Waals surface area (Å²) in [5, 5.41) is 4.49. The van der Waals surface area contributed by atoms with Crippen molar-refractivity contribution >= 4 is 11.6 Å².